The second-order valence-electron chi connectivity index (χ2n) is 5.35. The fourth-order valence-electron chi connectivity index (χ4n) is 2.36. The highest BCUT2D eigenvalue weighted by Gasteiger charge is 2.38. The molecule has 4 nitrogen and oxygen atoms in total. The molecule has 0 aliphatic heterocycles. The van der Waals surface area contributed by atoms with E-state index in [-0.39, 0.29) is 5.56 Å². The summed E-state index contributed by atoms with van der Waals surface area (Å²) in [4.78, 5) is -2.08. The Balaban J connectivity index is 2.68. The minimum Gasteiger partial charge on any atom is -0.223 e. The van der Waals surface area contributed by atoms with Crippen LogP contribution in [0.1, 0.15) is 16.4 Å². The number of alkyl halides is 3. The van der Waals surface area contributed by atoms with E-state index < -0.39 is 51.5 Å². The van der Waals surface area contributed by atoms with E-state index in [9.17, 15) is 34.4 Å². The second-order valence-corrected chi connectivity index (χ2v) is 9.95. The summed E-state index contributed by atoms with van der Waals surface area (Å²) in [6.07, 6.45) is -4.07. The number of halogens is 5. The quantitative estimate of drug-likeness (QED) is 0.389. The lowest BCUT2D eigenvalue weighted by atomic mass is 10.1. The summed E-state index contributed by atoms with van der Waals surface area (Å²) < 4.78 is 101. The second kappa shape index (κ2) is 7.25. The summed E-state index contributed by atoms with van der Waals surface area (Å²) in [5.74, 6) is -0.621. The van der Waals surface area contributed by atoms with E-state index in [4.69, 9.17) is 10.7 Å². The molecular weight excluding hydrogens is 432 g/mol. The van der Waals surface area contributed by atoms with Gasteiger partial charge in [0.25, 0.3) is 9.05 Å². The number of sulfone groups is 1. The molecule has 2 aromatic carbocycles. The maximum absolute atomic E-state index is 13.1. The van der Waals surface area contributed by atoms with Crippen LogP contribution < -0.4 is 0 Å². The maximum Gasteiger partial charge on any atom is 0.417 e. The van der Waals surface area contributed by atoms with Crippen molar-refractivity contribution in [2.24, 2.45) is 0 Å². The van der Waals surface area contributed by atoms with E-state index in [0.29, 0.717) is 18.2 Å². The molecule has 0 heterocycles. The van der Waals surface area contributed by atoms with Crippen LogP contribution in [0, 0.1) is 5.82 Å². The molecule has 0 aliphatic carbocycles. The lowest BCUT2D eigenvalue weighted by molar-refractivity contribution is -0.139. The Morgan fingerprint density at radius 1 is 1.00 bits per heavy atom. The summed E-state index contributed by atoms with van der Waals surface area (Å²) >= 11 is 0. The monoisotopic (exact) mass is 442 g/mol. The number of rotatable bonds is 5. The van der Waals surface area contributed by atoms with Gasteiger partial charge in [-0.2, -0.15) is 13.2 Å². The SMILES string of the molecule is C=CC(c1ccc(F)cc1)S(=O)(=O)c1ccc(C(F)(F)F)c(S(=O)(=O)Cl)c1. The van der Waals surface area contributed by atoms with Crippen molar-refractivity contribution in [3.05, 3.63) is 72.1 Å². The molecule has 146 valence electrons. The van der Waals surface area contributed by atoms with Crippen LogP contribution in [0.25, 0.3) is 0 Å². The van der Waals surface area contributed by atoms with Crippen LogP contribution in [0.15, 0.2) is 64.9 Å². The molecule has 0 aromatic heterocycles. The predicted molar refractivity (Wildman–Crippen MR) is 91.0 cm³/mol. The van der Waals surface area contributed by atoms with Gasteiger partial charge in [0.15, 0.2) is 9.84 Å². The highest BCUT2D eigenvalue weighted by atomic mass is 35.7. The molecule has 1 unspecified atom stereocenters. The standard InChI is InChI=1S/C16H11ClF4O4S2/c1-2-14(10-3-5-11(18)6-4-10)26(22,23)12-7-8-13(16(19,20)21)15(9-12)27(17,24)25/h2-9,14H,1H2. The lowest BCUT2D eigenvalue weighted by Crippen LogP contribution is -2.15. The minimum absolute atomic E-state index is 0.0987. The van der Waals surface area contributed by atoms with E-state index in [1.807, 2.05) is 0 Å². The van der Waals surface area contributed by atoms with Crippen LogP contribution in [-0.4, -0.2) is 16.8 Å². The lowest BCUT2D eigenvalue weighted by Gasteiger charge is -2.17. The van der Waals surface area contributed by atoms with E-state index in [1.54, 1.807) is 0 Å². The molecule has 0 saturated carbocycles. The molecule has 1 atom stereocenters. The first kappa shape index (κ1) is 21.4. The van der Waals surface area contributed by atoms with Crippen molar-refractivity contribution in [2.75, 3.05) is 0 Å². The van der Waals surface area contributed by atoms with E-state index in [0.717, 1.165) is 18.2 Å². The van der Waals surface area contributed by atoms with Gasteiger partial charge in [0.2, 0.25) is 0 Å². The molecule has 2 aromatic rings. The number of benzene rings is 2. The molecule has 0 spiro atoms. The molecule has 0 fully saturated rings. The van der Waals surface area contributed by atoms with Gasteiger partial charge in [0.05, 0.1) is 15.4 Å². The van der Waals surface area contributed by atoms with Gasteiger partial charge in [-0.25, -0.2) is 21.2 Å². The highest BCUT2D eigenvalue weighted by molar-refractivity contribution is 8.13. The largest absolute Gasteiger partial charge is 0.417 e. The first-order chi connectivity index (χ1) is 12.3. The van der Waals surface area contributed by atoms with E-state index in [2.05, 4.69) is 6.58 Å². The molecule has 0 bridgehead atoms. The van der Waals surface area contributed by atoms with Crippen LogP contribution in [0.5, 0.6) is 0 Å². The van der Waals surface area contributed by atoms with E-state index >= 15 is 0 Å². The molecule has 2 rings (SSSR count). The van der Waals surface area contributed by atoms with Gasteiger partial charge in [0.1, 0.15) is 11.1 Å². The fraction of sp³-hybridized carbons (Fsp3) is 0.125. The van der Waals surface area contributed by atoms with Gasteiger partial charge in [-0.15, -0.1) is 6.58 Å². The van der Waals surface area contributed by atoms with Gasteiger partial charge >= 0.3 is 6.18 Å². The number of hydrogen-bond donors (Lipinski definition) is 0. The minimum atomic E-state index is -5.06. The molecule has 0 aliphatic rings. The zero-order chi connectivity index (χ0) is 20.6. The topological polar surface area (TPSA) is 68.3 Å². The summed E-state index contributed by atoms with van der Waals surface area (Å²) in [6.45, 7) is 3.38. The van der Waals surface area contributed by atoms with Gasteiger partial charge in [0, 0.05) is 10.7 Å². The fourth-order valence-corrected chi connectivity index (χ4v) is 5.13. The molecule has 0 radical (unpaired) electrons. The molecule has 27 heavy (non-hydrogen) atoms. The molecule has 11 heteroatoms. The van der Waals surface area contributed by atoms with Gasteiger partial charge in [-0.1, -0.05) is 18.2 Å². The Morgan fingerprint density at radius 2 is 1.56 bits per heavy atom. The van der Waals surface area contributed by atoms with Crippen molar-refractivity contribution in [3.8, 4) is 0 Å². The zero-order valence-corrected chi connectivity index (χ0v) is 15.6. The summed E-state index contributed by atoms with van der Waals surface area (Å²) in [7, 11) is -4.23. The number of hydrogen-bond acceptors (Lipinski definition) is 4. The van der Waals surface area contributed by atoms with Crippen LogP contribution in [0.2, 0.25) is 0 Å². The molecule has 0 saturated heterocycles. The smallest absolute Gasteiger partial charge is 0.223 e. The average Bonchev–Trinajstić information content (AvgIpc) is 2.55. The van der Waals surface area contributed by atoms with Crippen molar-refractivity contribution in [1.29, 1.82) is 0 Å². The van der Waals surface area contributed by atoms with Crippen LogP contribution in [-0.2, 0) is 25.1 Å². The van der Waals surface area contributed by atoms with Crippen molar-refractivity contribution in [1.82, 2.24) is 0 Å². The third-order valence-corrected chi connectivity index (χ3v) is 7.00. The normalized spacial score (nSPS) is 14.0. The first-order valence-corrected chi connectivity index (χ1v) is 10.9. The zero-order valence-electron chi connectivity index (χ0n) is 13.2. The summed E-state index contributed by atoms with van der Waals surface area (Å²) in [5, 5.41) is -1.44. The molecular formula is C16H11ClF4O4S2. The highest BCUT2D eigenvalue weighted by Crippen LogP contribution is 2.38. The third-order valence-electron chi connectivity index (χ3n) is 3.60. The maximum atomic E-state index is 13.1. The van der Waals surface area contributed by atoms with Gasteiger partial charge in [-0.05, 0) is 35.9 Å². The van der Waals surface area contributed by atoms with Crippen LogP contribution in [0.3, 0.4) is 0 Å². The molecule has 0 amide bonds. The van der Waals surface area contributed by atoms with Crippen molar-refractivity contribution >= 4 is 29.6 Å². The van der Waals surface area contributed by atoms with Crippen LogP contribution in [0.4, 0.5) is 17.6 Å². The Hall–Kier alpha value is -1.91. The van der Waals surface area contributed by atoms with Gasteiger partial charge in [-0.3, -0.25) is 0 Å². The van der Waals surface area contributed by atoms with E-state index in [1.165, 1.54) is 12.1 Å². The Bertz CT molecular complexity index is 1080. The summed E-state index contributed by atoms with van der Waals surface area (Å²) in [5.41, 5.74) is -1.49. The predicted octanol–water partition coefficient (Wildman–Crippen LogP) is 4.47. The Kier molecular flexibility index (Phi) is 5.74. The van der Waals surface area contributed by atoms with Crippen molar-refractivity contribution in [2.45, 2.75) is 21.2 Å². The van der Waals surface area contributed by atoms with Crippen LogP contribution >= 0.6 is 10.7 Å². The Morgan fingerprint density at radius 3 is 2.00 bits per heavy atom. The van der Waals surface area contributed by atoms with Crippen molar-refractivity contribution < 1.29 is 34.4 Å². The first-order valence-electron chi connectivity index (χ1n) is 7.06. The third kappa shape index (κ3) is 4.50. The molecule has 0 N–H and O–H groups in total. The average molecular weight is 443 g/mol. The van der Waals surface area contributed by atoms with Crippen molar-refractivity contribution in [3.63, 3.8) is 0 Å². The van der Waals surface area contributed by atoms with Gasteiger partial charge < -0.3 is 0 Å². The Labute approximate surface area is 157 Å². The summed E-state index contributed by atoms with van der Waals surface area (Å²) in [6, 6.07) is 5.65.